The number of halogens is 1. The van der Waals surface area contributed by atoms with Crippen molar-refractivity contribution in [3.63, 3.8) is 0 Å². The molecule has 3 heteroatoms. The number of methoxy groups -OCH3 is 2. The standard InChI is InChI=1S/C12H17BrO2/c1-14-7-5-10-3-4-12(13)9-11(10)6-8-15-2/h3-4,9H,5-8H2,1-2H3. The first-order valence-corrected chi connectivity index (χ1v) is 5.82. The molecular weight excluding hydrogens is 256 g/mol. The zero-order valence-corrected chi connectivity index (χ0v) is 10.8. The normalized spacial score (nSPS) is 10.6. The van der Waals surface area contributed by atoms with Crippen molar-refractivity contribution in [3.8, 4) is 0 Å². The molecular formula is C12H17BrO2. The van der Waals surface area contributed by atoms with Crippen LogP contribution in [-0.4, -0.2) is 27.4 Å². The predicted molar refractivity (Wildman–Crippen MR) is 65.3 cm³/mol. The zero-order chi connectivity index (χ0) is 11.1. The molecule has 0 amide bonds. The maximum Gasteiger partial charge on any atom is 0.0502 e. The van der Waals surface area contributed by atoms with E-state index in [9.17, 15) is 0 Å². The van der Waals surface area contributed by atoms with Crippen LogP contribution in [-0.2, 0) is 22.3 Å². The summed E-state index contributed by atoms with van der Waals surface area (Å²) in [6, 6.07) is 6.37. The first-order chi connectivity index (χ1) is 7.27. The van der Waals surface area contributed by atoms with Gasteiger partial charge in [-0.15, -0.1) is 0 Å². The van der Waals surface area contributed by atoms with Crippen LogP contribution in [0.5, 0.6) is 0 Å². The highest BCUT2D eigenvalue weighted by molar-refractivity contribution is 9.10. The highest BCUT2D eigenvalue weighted by Gasteiger charge is 2.03. The molecule has 0 spiro atoms. The Hall–Kier alpha value is -0.380. The van der Waals surface area contributed by atoms with Gasteiger partial charge in [-0.05, 0) is 36.1 Å². The van der Waals surface area contributed by atoms with E-state index < -0.39 is 0 Å². The third-order valence-electron chi connectivity index (χ3n) is 2.32. The van der Waals surface area contributed by atoms with Crippen LogP contribution >= 0.6 is 15.9 Å². The molecule has 2 nitrogen and oxygen atoms in total. The van der Waals surface area contributed by atoms with Gasteiger partial charge in [0.2, 0.25) is 0 Å². The summed E-state index contributed by atoms with van der Waals surface area (Å²) in [7, 11) is 3.46. The summed E-state index contributed by atoms with van der Waals surface area (Å²) in [4.78, 5) is 0. The second-order valence-electron chi connectivity index (χ2n) is 3.40. The molecule has 0 unspecified atom stereocenters. The van der Waals surface area contributed by atoms with E-state index in [0.717, 1.165) is 30.5 Å². The molecule has 0 heterocycles. The second-order valence-corrected chi connectivity index (χ2v) is 4.31. The molecule has 0 radical (unpaired) electrons. The molecule has 15 heavy (non-hydrogen) atoms. The Morgan fingerprint density at radius 3 is 2.20 bits per heavy atom. The molecule has 0 saturated carbocycles. The SMILES string of the molecule is COCCc1ccc(Br)cc1CCOC. The van der Waals surface area contributed by atoms with E-state index in [1.165, 1.54) is 11.1 Å². The highest BCUT2D eigenvalue weighted by atomic mass is 79.9. The van der Waals surface area contributed by atoms with Gasteiger partial charge < -0.3 is 9.47 Å². The van der Waals surface area contributed by atoms with Crippen molar-refractivity contribution in [1.82, 2.24) is 0 Å². The van der Waals surface area contributed by atoms with Crippen molar-refractivity contribution in [3.05, 3.63) is 33.8 Å². The number of hydrogen-bond acceptors (Lipinski definition) is 2. The summed E-state index contributed by atoms with van der Waals surface area (Å²) in [5.41, 5.74) is 2.68. The monoisotopic (exact) mass is 272 g/mol. The fourth-order valence-corrected chi connectivity index (χ4v) is 1.90. The molecule has 0 atom stereocenters. The van der Waals surface area contributed by atoms with Crippen LogP contribution < -0.4 is 0 Å². The van der Waals surface area contributed by atoms with Crippen LogP contribution in [0, 0.1) is 0 Å². The Balaban J connectivity index is 2.73. The zero-order valence-electron chi connectivity index (χ0n) is 9.25. The Labute approximate surface area is 99.7 Å². The van der Waals surface area contributed by atoms with E-state index in [4.69, 9.17) is 9.47 Å². The largest absolute Gasteiger partial charge is 0.384 e. The number of benzene rings is 1. The highest BCUT2D eigenvalue weighted by Crippen LogP contribution is 2.18. The fourth-order valence-electron chi connectivity index (χ4n) is 1.50. The van der Waals surface area contributed by atoms with Crippen molar-refractivity contribution in [2.75, 3.05) is 27.4 Å². The van der Waals surface area contributed by atoms with E-state index in [2.05, 4.69) is 34.1 Å². The molecule has 0 bridgehead atoms. The predicted octanol–water partition coefficient (Wildman–Crippen LogP) is 2.83. The van der Waals surface area contributed by atoms with Gasteiger partial charge in [0, 0.05) is 18.7 Å². The van der Waals surface area contributed by atoms with Gasteiger partial charge in [0.15, 0.2) is 0 Å². The van der Waals surface area contributed by atoms with Crippen molar-refractivity contribution in [1.29, 1.82) is 0 Å². The second kappa shape index (κ2) is 6.99. The molecule has 0 aliphatic rings. The average Bonchev–Trinajstić information content (AvgIpc) is 2.25. The van der Waals surface area contributed by atoms with Crippen LogP contribution in [0.4, 0.5) is 0 Å². The summed E-state index contributed by atoms with van der Waals surface area (Å²) in [6.45, 7) is 1.53. The summed E-state index contributed by atoms with van der Waals surface area (Å²) < 4.78 is 11.3. The van der Waals surface area contributed by atoms with Crippen molar-refractivity contribution < 1.29 is 9.47 Å². The molecule has 0 aromatic heterocycles. The minimum Gasteiger partial charge on any atom is -0.384 e. The Kier molecular flexibility index (Phi) is 5.91. The molecule has 1 rings (SSSR count). The molecule has 0 fully saturated rings. The number of hydrogen-bond donors (Lipinski definition) is 0. The third-order valence-corrected chi connectivity index (χ3v) is 2.81. The van der Waals surface area contributed by atoms with Crippen LogP contribution in [0.25, 0.3) is 0 Å². The maximum atomic E-state index is 5.10. The molecule has 0 N–H and O–H groups in total. The molecule has 1 aromatic carbocycles. The van der Waals surface area contributed by atoms with E-state index in [1.54, 1.807) is 14.2 Å². The molecule has 0 saturated heterocycles. The molecule has 0 aliphatic heterocycles. The first kappa shape index (κ1) is 12.7. The summed E-state index contributed by atoms with van der Waals surface area (Å²) in [5.74, 6) is 0. The minimum absolute atomic E-state index is 0.760. The van der Waals surface area contributed by atoms with E-state index in [0.29, 0.717) is 0 Å². The average molecular weight is 273 g/mol. The van der Waals surface area contributed by atoms with Crippen LogP contribution in [0.15, 0.2) is 22.7 Å². The molecule has 1 aromatic rings. The van der Waals surface area contributed by atoms with E-state index in [1.807, 2.05) is 0 Å². The smallest absolute Gasteiger partial charge is 0.0502 e. The topological polar surface area (TPSA) is 18.5 Å². The van der Waals surface area contributed by atoms with E-state index in [-0.39, 0.29) is 0 Å². The van der Waals surface area contributed by atoms with Gasteiger partial charge in [-0.2, -0.15) is 0 Å². The van der Waals surface area contributed by atoms with Crippen molar-refractivity contribution in [2.45, 2.75) is 12.8 Å². The summed E-state index contributed by atoms with van der Waals surface area (Å²) >= 11 is 3.48. The lowest BCUT2D eigenvalue weighted by Gasteiger charge is -2.09. The Morgan fingerprint density at radius 2 is 1.60 bits per heavy atom. The van der Waals surface area contributed by atoms with Crippen LogP contribution in [0.3, 0.4) is 0 Å². The number of rotatable bonds is 6. The summed E-state index contributed by atoms with van der Waals surface area (Å²) in [6.07, 6.45) is 1.91. The van der Waals surface area contributed by atoms with Gasteiger partial charge in [-0.25, -0.2) is 0 Å². The molecule has 0 aliphatic carbocycles. The van der Waals surface area contributed by atoms with Gasteiger partial charge in [0.05, 0.1) is 13.2 Å². The summed E-state index contributed by atoms with van der Waals surface area (Å²) in [5, 5.41) is 0. The van der Waals surface area contributed by atoms with E-state index >= 15 is 0 Å². The van der Waals surface area contributed by atoms with Crippen molar-refractivity contribution in [2.24, 2.45) is 0 Å². The quantitative estimate of drug-likeness (QED) is 0.793. The van der Waals surface area contributed by atoms with Gasteiger partial charge >= 0.3 is 0 Å². The third kappa shape index (κ3) is 4.33. The van der Waals surface area contributed by atoms with Gasteiger partial charge in [-0.1, -0.05) is 22.0 Å². The lowest BCUT2D eigenvalue weighted by Crippen LogP contribution is -2.02. The Morgan fingerprint density at radius 1 is 1.00 bits per heavy atom. The fraction of sp³-hybridized carbons (Fsp3) is 0.500. The van der Waals surface area contributed by atoms with Crippen molar-refractivity contribution >= 4 is 15.9 Å². The van der Waals surface area contributed by atoms with Crippen LogP contribution in [0.1, 0.15) is 11.1 Å². The Bertz CT molecular complexity index is 300. The first-order valence-electron chi connectivity index (χ1n) is 5.03. The van der Waals surface area contributed by atoms with Gasteiger partial charge in [0.1, 0.15) is 0 Å². The molecule has 84 valence electrons. The lowest BCUT2D eigenvalue weighted by atomic mass is 10.0. The van der Waals surface area contributed by atoms with Gasteiger partial charge in [0.25, 0.3) is 0 Å². The minimum atomic E-state index is 0.760. The van der Waals surface area contributed by atoms with Crippen LogP contribution in [0.2, 0.25) is 0 Å². The van der Waals surface area contributed by atoms with Gasteiger partial charge in [-0.3, -0.25) is 0 Å². The lowest BCUT2D eigenvalue weighted by molar-refractivity contribution is 0.198. The number of ether oxygens (including phenoxy) is 2. The maximum absolute atomic E-state index is 5.10.